The minimum Gasteiger partial charge on any atom is -0.497 e. The maximum atomic E-state index is 14.5. The first-order valence-electron chi connectivity index (χ1n) is 7.79. The Morgan fingerprint density at radius 2 is 1.95 bits per heavy atom. The van der Waals surface area contributed by atoms with E-state index in [0.717, 1.165) is 32.2 Å². The molecule has 0 bridgehead atoms. The van der Waals surface area contributed by atoms with Gasteiger partial charge in [0.05, 0.1) is 18.8 Å². The van der Waals surface area contributed by atoms with E-state index in [1.54, 1.807) is 14.2 Å². The predicted octanol–water partition coefficient (Wildman–Crippen LogP) is 3.83. The van der Waals surface area contributed by atoms with Gasteiger partial charge in [0.25, 0.3) is 0 Å². The fraction of sp³-hybridized carbons (Fsp3) is 0.647. The smallest absolute Gasteiger partial charge is 0.131 e. The average Bonchev–Trinajstić information content (AvgIpc) is 2.53. The van der Waals surface area contributed by atoms with Crippen molar-refractivity contribution in [2.24, 2.45) is 0 Å². The molecule has 2 rings (SSSR count). The van der Waals surface area contributed by atoms with Crippen LogP contribution >= 0.6 is 0 Å². The lowest BCUT2D eigenvalue weighted by atomic mass is 9.76. The molecule has 1 saturated carbocycles. The first-order valence-corrected chi connectivity index (χ1v) is 7.79. The first-order chi connectivity index (χ1) is 10.2. The fourth-order valence-electron chi connectivity index (χ4n) is 3.41. The molecular weight excluding hydrogens is 269 g/mol. The van der Waals surface area contributed by atoms with Crippen LogP contribution in [-0.2, 0) is 4.74 Å². The Morgan fingerprint density at radius 1 is 1.24 bits per heavy atom. The number of halogens is 1. The summed E-state index contributed by atoms with van der Waals surface area (Å²) in [7, 11) is 3.30. The minimum atomic E-state index is -0.316. The van der Waals surface area contributed by atoms with Gasteiger partial charge in [-0.15, -0.1) is 0 Å². The quantitative estimate of drug-likeness (QED) is 0.865. The zero-order valence-corrected chi connectivity index (χ0v) is 13.2. The summed E-state index contributed by atoms with van der Waals surface area (Å²) in [5, 5.41) is 3.43. The molecular formula is C17H26FNO2. The van der Waals surface area contributed by atoms with Gasteiger partial charge in [-0.25, -0.2) is 4.39 Å². The number of benzene rings is 1. The highest BCUT2D eigenvalue weighted by Gasteiger charge is 2.41. The van der Waals surface area contributed by atoms with Gasteiger partial charge in [-0.3, -0.25) is 0 Å². The normalized spacial score (nSPS) is 19.2. The molecule has 3 nitrogen and oxygen atoms in total. The van der Waals surface area contributed by atoms with E-state index in [9.17, 15) is 4.39 Å². The molecule has 4 heteroatoms. The SMILES string of the molecule is CCNC(c1ccc(OC)cc1F)C1(OC)CCCCC1. The number of ether oxygens (including phenoxy) is 2. The van der Waals surface area contributed by atoms with Crippen LogP contribution in [0.1, 0.15) is 50.6 Å². The summed E-state index contributed by atoms with van der Waals surface area (Å²) in [5.41, 5.74) is 0.352. The number of nitrogens with one attached hydrogen (secondary N) is 1. The van der Waals surface area contributed by atoms with Crippen LogP contribution in [0.25, 0.3) is 0 Å². The lowest BCUT2D eigenvalue weighted by molar-refractivity contribution is -0.0691. The summed E-state index contributed by atoms with van der Waals surface area (Å²) in [6.45, 7) is 2.82. The zero-order valence-electron chi connectivity index (χ0n) is 13.2. The number of hydrogen-bond acceptors (Lipinski definition) is 3. The van der Waals surface area contributed by atoms with Gasteiger partial charge in [0.2, 0.25) is 0 Å². The summed E-state index contributed by atoms with van der Waals surface area (Å²) in [6, 6.07) is 4.95. The lowest BCUT2D eigenvalue weighted by Crippen LogP contribution is -2.47. The molecule has 1 aliphatic carbocycles. The third-order valence-electron chi connectivity index (χ3n) is 4.56. The Labute approximate surface area is 126 Å². The van der Waals surface area contributed by atoms with Crippen molar-refractivity contribution >= 4 is 0 Å². The third kappa shape index (κ3) is 3.38. The highest BCUT2D eigenvalue weighted by Crippen LogP contribution is 2.42. The fourth-order valence-corrected chi connectivity index (χ4v) is 3.41. The molecule has 0 radical (unpaired) electrons. The Morgan fingerprint density at radius 3 is 2.48 bits per heavy atom. The molecule has 1 atom stereocenters. The van der Waals surface area contributed by atoms with Crippen molar-refractivity contribution in [3.05, 3.63) is 29.6 Å². The number of rotatable bonds is 6. The molecule has 0 saturated heterocycles. The van der Waals surface area contributed by atoms with Crippen LogP contribution in [-0.4, -0.2) is 26.4 Å². The Kier molecular flexibility index (Phi) is 5.59. The van der Waals surface area contributed by atoms with Gasteiger partial charge in [0, 0.05) is 18.7 Å². The summed E-state index contributed by atoms with van der Waals surface area (Å²) in [5.74, 6) is 0.309. The minimum absolute atomic E-state index is 0.126. The number of hydrogen-bond donors (Lipinski definition) is 1. The van der Waals surface area contributed by atoms with E-state index in [4.69, 9.17) is 9.47 Å². The van der Waals surface area contributed by atoms with E-state index in [0.29, 0.717) is 11.3 Å². The second kappa shape index (κ2) is 7.23. The van der Waals surface area contributed by atoms with Crippen LogP contribution < -0.4 is 10.1 Å². The highest BCUT2D eigenvalue weighted by molar-refractivity contribution is 5.32. The second-order valence-electron chi connectivity index (χ2n) is 5.71. The molecule has 1 aliphatic rings. The monoisotopic (exact) mass is 295 g/mol. The van der Waals surface area contributed by atoms with E-state index in [1.807, 2.05) is 19.1 Å². The molecule has 118 valence electrons. The first kappa shape index (κ1) is 16.2. The van der Waals surface area contributed by atoms with Gasteiger partial charge in [-0.05, 0) is 25.5 Å². The van der Waals surface area contributed by atoms with Gasteiger partial charge in [0.1, 0.15) is 11.6 Å². The second-order valence-corrected chi connectivity index (χ2v) is 5.71. The molecule has 0 aliphatic heterocycles. The van der Waals surface area contributed by atoms with Crippen LogP contribution in [0.4, 0.5) is 4.39 Å². The van der Waals surface area contributed by atoms with Crippen molar-refractivity contribution in [2.45, 2.75) is 50.7 Å². The third-order valence-corrected chi connectivity index (χ3v) is 4.56. The zero-order chi connectivity index (χ0) is 15.3. The molecule has 0 aromatic heterocycles. The van der Waals surface area contributed by atoms with Crippen molar-refractivity contribution in [1.82, 2.24) is 5.32 Å². The van der Waals surface area contributed by atoms with Gasteiger partial charge in [0.15, 0.2) is 0 Å². The molecule has 0 spiro atoms. The standard InChI is InChI=1S/C17H26FNO2/c1-4-19-16(17(21-3)10-6-5-7-11-17)14-9-8-13(20-2)12-15(14)18/h8-9,12,16,19H,4-7,10-11H2,1-3H3. The van der Waals surface area contributed by atoms with Gasteiger partial charge >= 0.3 is 0 Å². The van der Waals surface area contributed by atoms with Crippen LogP contribution in [0.5, 0.6) is 5.75 Å². The molecule has 1 aromatic carbocycles. The van der Waals surface area contributed by atoms with Crippen LogP contribution in [0.2, 0.25) is 0 Å². The summed E-state index contributed by atoms with van der Waals surface area (Å²) >= 11 is 0. The van der Waals surface area contributed by atoms with Crippen molar-refractivity contribution < 1.29 is 13.9 Å². The molecule has 0 amide bonds. The van der Waals surface area contributed by atoms with Gasteiger partial charge in [-0.2, -0.15) is 0 Å². The van der Waals surface area contributed by atoms with Crippen molar-refractivity contribution in [1.29, 1.82) is 0 Å². The average molecular weight is 295 g/mol. The molecule has 1 N–H and O–H groups in total. The highest BCUT2D eigenvalue weighted by atomic mass is 19.1. The Balaban J connectivity index is 2.37. The molecule has 1 fully saturated rings. The van der Waals surface area contributed by atoms with Gasteiger partial charge in [-0.1, -0.05) is 32.3 Å². The summed E-state index contributed by atoms with van der Waals surface area (Å²) in [6.07, 6.45) is 5.43. The van der Waals surface area contributed by atoms with Crippen LogP contribution in [0, 0.1) is 5.82 Å². The number of likely N-dealkylation sites (N-methyl/N-ethyl adjacent to an activating group) is 1. The van der Waals surface area contributed by atoms with E-state index in [1.165, 1.54) is 12.5 Å². The Bertz CT molecular complexity index is 458. The largest absolute Gasteiger partial charge is 0.497 e. The summed E-state index contributed by atoms with van der Waals surface area (Å²) in [4.78, 5) is 0. The van der Waals surface area contributed by atoms with Crippen LogP contribution in [0.15, 0.2) is 18.2 Å². The molecule has 1 unspecified atom stereocenters. The van der Waals surface area contributed by atoms with Crippen molar-refractivity contribution in [2.75, 3.05) is 20.8 Å². The Hall–Kier alpha value is -1.13. The molecule has 21 heavy (non-hydrogen) atoms. The maximum absolute atomic E-state index is 14.5. The molecule has 0 heterocycles. The van der Waals surface area contributed by atoms with E-state index in [2.05, 4.69) is 5.32 Å². The van der Waals surface area contributed by atoms with Crippen molar-refractivity contribution in [3.63, 3.8) is 0 Å². The van der Waals surface area contributed by atoms with E-state index >= 15 is 0 Å². The van der Waals surface area contributed by atoms with Crippen LogP contribution in [0.3, 0.4) is 0 Å². The van der Waals surface area contributed by atoms with Crippen molar-refractivity contribution in [3.8, 4) is 5.75 Å². The van der Waals surface area contributed by atoms with E-state index < -0.39 is 0 Å². The van der Waals surface area contributed by atoms with E-state index in [-0.39, 0.29) is 17.5 Å². The topological polar surface area (TPSA) is 30.5 Å². The lowest BCUT2D eigenvalue weighted by Gasteiger charge is -2.43. The van der Waals surface area contributed by atoms with Gasteiger partial charge < -0.3 is 14.8 Å². The molecule has 1 aromatic rings. The number of methoxy groups -OCH3 is 2. The predicted molar refractivity (Wildman–Crippen MR) is 82.2 cm³/mol. The maximum Gasteiger partial charge on any atom is 0.131 e. The summed E-state index contributed by atoms with van der Waals surface area (Å²) < 4.78 is 25.5.